The monoisotopic (exact) mass is 377 g/mol. The molecule has 6 heteroatoms. The number of anilines is 1. The molecule has 1 aliphatic rings. The van der Waals surface area contributed by atoms with E-state index in [9.17, 15) is 14.4 Å². The number of carbonyl (C=O) groups is 2. The Hall–Kier alpha value is -3.41. The molecule has 0 aliphatic carbocycles. The summed E-state index contributed by atoms with van der Waals surface area (Å²) in [6, 6.07) is 10.2. The van der Waals surface area contributed by atoms with Crippen LogP contribution in [0.25, 0.3) is 11.0 Å². The third-order valence-corrected chi connectivity index (χ3v) is 5.04. The van der Waals surface area contributed by atoms with E-state index in [1.165, 1.54) is 6.07 Å². The molecule has 1 aliphatic heterocycles. The summed E-state index contributed by atoms with van der Waals surface area (Å²) in [5.74, 6) is -0.506. The second kappa shape index (κ2) is 6.96. The number of rotatable bonds is 3. The van der Waals surface area contributed by atoms with Gasteiger partial charge in [0.2, 0.25) is 5.91 Å². The van der Waals surface area contributed by atoms with E-state index in [1.54, 1.807) is 18.2 Å². The van der Waals surface area contributed by atoms with Crippen LogP contribution >= 0.6 is 0 Å². The molecule has 0 radical (unpaired) electrons. The summed E-state index contributed by atoms with van der Waals surface area (Å²) in [5.41, 5.74) is 4.73. The molecule has 0 atom stereocenters. The van der Waals surface area contributed by atoms with E-state index >= 15 is 0 Å². The smallest absolute Gasteiger partial charge is 0.338 e. The van der Waals surface area contributed by atoms with E-state index in [0.29, 0.717) is 29.6 Å². The number of esters is 1. The van der Waals surface area contributed by atoms with Gasteiger partial charge < -0.3 is 14.5 Å². The first-order valence-electron chi connectivity index (χ1n) is 9.04. The summed E-state index contributed by atoms with van der Waals surface area (Å²) in [6.07, 6.45) is 0.987. The molecule has 4 rings (SSSR count). The van der Waals surface area contributed by atoms with E-state index in [0.717, 1.165) is 27.8 Å². The van der Waals surface area contributed by atoms with Gasteiger partial charge in [-0.1, -0.05) is 0 Å². The van der Waals surface area contributed by atoms with Gasteiger partial charge in [-0.2, -0.15) is 0 Å². The lowest BCUT2D eigenvalue weighted by molar-refractivity contribution is -0.116. The van der Waals surface area contributed by atoms with Gasteiger partial charge >= 0.3 is 11.6 Å². The molecule has 2 aromatic carbocycles. The molecule has 0 saturated carbocycles. The lowest BCUT2D eigenvalue weighted by atomic mass is 10.0. The highest BCUT2D eigenvalue weighted by Crippen LogP contribution is 2.25. The van der Waals surface area contributed by atoms with Crippen molar-refractivity contribution < 1.29 is 18.7 Å². The first-order valence-corrected chi connectivity index (χ1v) is 9.04. The van der Waals surface area contributed by atoms with Crippen molar-refractivity contribution in [3.8, 4) is 0 Å². The Kier molecular flexibility index (Phi) is 4.47. The van der Waals surface area contributed by atoms with Crippen LogP contribution in [0.15, 0.2) is 45.6 Å². The van der Waals surface area contributed by atoms with Crippen LogP contribution in [0.5, 0.6) is 0 Å². The van der Waals surface area contributed by atoms with Crippen LogP contribution in [-0.2, 0) is 22.6 Å². The van der Waals surface area contributed by atoms with E-state index in [4.69, 9.17) is 9.15 Å². The normalized spacial score (nSPS) is 13.1. The van der Waals surface area contributed by atoms with Crippen LogP contribution in [0.1, 0.15) is 39.0 Å². The van der Waals surface area contributed by atoms with Crippen LogP contribution < -0.4 is 10.9 Å². The topological polar surface area (TPSA) is 85.6 Å². The second-order valence-electron chi connectivity index (χ2n) is 7.02. The number of benzene rings is 2. The van der Waals surface area contributed by atoms with Crippen molar-refractivity contribution in [2.45, 2.75) is 33.3 Å². The van der Waals surface area contributed by atoms with Crippen molar-refractivity contribution in [3.05, 3.63) is 74.6 Å². The van der Waals surface area contributed by atoms with Gasteiger partial charge in [-0.25, -0.2) is 9.59 Å². The van der Waals surface area contributed by atoms with E-state index in [-0.39, 0.29) is 12.5 Å². The van der Waals surface area contributed by atoms with Crippen molar-refractivity contribution >= 4 is 28.5 Å². The zero-order chi connectivity index (χ0) is 19.8. The van der Waals surface area contributed by atoms with Gasteiger partial charge in [0.05, 0.1) is 5.56 Å². The van der Waals surface area contributed by atoms with Crippen molar-refractivity contribution in [2.24, 2.45) is 0 Å². The zero-order valence-corrected chi connectivity index (χ0v) is 15.6. The summed E-state index contributed by atoms with van der Waals surface area (Å²) in [6.45, 7) is 3.89. The number of carbonyl (C=O) groups excluding carboxylic acids is 2. The number of hydrogen-bond acceptors (Lipinski definition) is 5. The van der Waals surface area contributed by atoms with Gasteiger partial charge in [-0.05, 0) is 67.3 Å². The summed E-state index contributed by atoms with van der Waals surface area (Å²) in [7, 11) is 0. The molecule has 0 bridgehead atoms. The Morgan fingerprint density at radius 3 is 2.68 bits per heavy atom. The summed E-state index contributed by atoms with van der Waals surface area (Å²) in [4.78, 5) is 35.8. The number of hydrogen-bond donors (Lipinski definition) is 1. The van der Waals surface area contributed by atoms with Crippen molar-refractivity contribution in [1.82, 2.24) is 0 Å². The van der Waals surface area contributed by atoms with Crippen LogP contribution in [0.4, 0.5) is 5.69 Å². The minimum absolute atomic E-state index is 0.0249. The SMILES string of the molecule is Cc1cc2oc(=O)cc(COC(=O)c3ccc4c(c3)CCC(=O)N4)c2cc1C. The second-order valence-corrected chi connectivity index (χ2v) is 7.02. The molecule has 1 aromatic heterocycles. The molecule has 0 unspecified atom stereocenters. The fraction of sp³-hybridized carbons (Fsp3) is 0.227. The third kappa shape index (κ3) is 3.41. The molecule has 2 heterocycles. The average molecular weight is 377 g/mol. The van der Waals surface area contributed by atoms with Crippen LogP contribution in [-0.4, -0.2) is 11.9 Å². The van der Waals surface area contributed by atoms with Gasteiger partial charge in [0.15, 0.2) is 0 Å². The van der Waals surface area contributed by atoms with Crippen LogP contribution in [0.2, 0.25) is 0 Å². The molecule has 1 N–H and O–H groups in total. The minimum atomic E-state index is -0.482. The first kappa shape index (κ1) is 18.0. The van der Waals surface area contributed by atoms with Gasteiger partial charge in [-0.3, -0.25) is 4.79 Å². The minimum Gasteiger partial charge on any atom is -0.457 e. The molecule has 3 aromatic rings. The van der Waals surface area contributed by atoms with Gasteiger partial charge in [0.25, 0.3) is 0 Å². The Bertz CT molecular complexity index is 1180. The Morgan fingerprint density at radius 2 is 1.86 bits per heavy atom. The molecular weight excluding hydrogens is 358 g/mol. The predicted octanol–water partition coefficient (Wildman–Crippen LogP) is 3.65. The highest BCUT2D eigenvalue weighted by molar-refractivity contribution is 5.96. The quantitative estimate of drug-likeness (QED) is 0.556. The lowest BCUT2D eigenvalue weighted by Gasteiger charge is -2.17. The number of nitrogens with one attached hydrogen (secondary N) is 1. The molecule has 0 saturated heterocycles. The van der Waals surface area contributed by atoms with Crippen LogP contribution in [0, 0.1) is 13.8 Å². The highest BCUT2D eigenvalue weighted by atomic mass is 16.5. The molecule has 0 spiro atoms. The van der Waals surface area contributed by atoms with E-state index in [1.807, 2.05) is 26.0 Å². The summed E-state index contributed by atoms with van der Waals surface area (Å²) >= 11 is 0. The average Bonchev–Trinajstić information content (AvgIpc) is 2.66. The number of ether oxygens (including phenoxy) is 1. The molecule has 6 nitrogen and oxygen atoms in total. The number of aryl methyl sites for hydroxylation is 3. The standard InChI is InChI=1S/C22H19NO5/c1-12-7-17-16(10-21(25)28-19(17)8-13(12)2)11-27-22(26)15-3-5-18-14(9-15)4-6-20(24)23-18/h3,5,7-10H,4,6,11H2,1-2H3,(H,23,24). The summed E-state index contributed by atoms with van der Waals surface area (Å²) in [5, 5.41) is 3.54. The summed E-state index contributed by atoms with van der Waals surface area (Å²) < 4.78 is 10.7. The van der Waals surface area contributed by atoms with Gasteiger partial charge in [0.1, 0.15) is 12.2 Å². The fourth-order valence-corrected chi connectivity index (χ4v) is 3.34. The molecule has 142 valence electrons. The molecular formula is C22H19NO5. The lowest BCUT2D eigenvalue weighted by Crippen LogP contribution is -2.19. The van der Waals surface area contributed by atoms with E-state index < -0.39 is 11.6 Å². The maximum absolute atomic E-state index is 12.5. The largest absolute Gasteiger partial charge is 0.457 e. The molecule has 28 heavy (non-hydrogen) atoms. The predicted molar refractivity (Wildman–Crippen MR) is 104 cm³/mol. The Morgan fingerprint density at radius 1 is 1.07 bits per heavy atom. The molecule has 0 fully saturated rings. The molecule has 1 amide bonds. The maximum atomic E-state index is 12.5. The first-order chi connectivity index (χ1) is 13.4. The van der Waals surface area contributed by atoms with Crippen molar-refractivity contribution in [2.75, 3.05) is 5.32 Å². The number of amides is 1. The van der Waals surface area contributed by atoms with Crippen LogP contribution in [0.3, 0.4) is 0 Å². The Labute approximate surface area is 161 Å². The number of fused-ring (bicyclic) bond motifs is 2. The highest BCUT2D eigenvalue weighted by Gasteiger charge is 2.18. The zero-order valence-electron chi connectivity index (χ0n) is 15.6. The van der Waals surface area contributed by atoms with Gasteiger partial charge in [0, 0.05) is 29.1 Å². The Balaban J connectivity index is 1.58. The maximum Gasteiger partial charge on any atom is 0.338 e. The van der Waals surface area contributed by atoms with Crippen molar-refractivity contribution in [3.63, 3.8) is 0 Å². The van der Waals surface area contributed by atoms with Gasteiger partial charge in [-0.15, -0.1) is 0 Å². The van der Waals surface area contributed by atoms with Crippen molar-refractivity contribution in [1.29, 1.82) is 0 Å². The fourth-order valence-electron chi connectivity index (χ4n) is 3.34. The third-order valence-electron chi connectivity index (χ3n) is 5.04. The van der Waals surface area contributed by atoms with E-state index in [2.05, 4.69) is 5.32 Å².